The van der Waals surface area contributed by atoms with Crippen LogP contribution in [0.1, 0.15) is 0 Å². The first-order valence-corrected chi connectivity index (χ1v) is 7.30. The Kier molecular flexibility index (Phi) is 15.5. The van der Waals surface area contributed by atoms with Gasteiger partial charge in [0.15, 0.2) is 7.60 Å². The van der Waals surface area contributed by atoms with Gasteiger partial charge in [-0.1, -0.05) is 25.8 Å². The molecule has 0 spiro atoms. The van der Waals surface area contributed by atoms with Crippen molar-refractivity contribution in [2.24, 2.45) is 0 Å². The van der Waals surface area contributed by atoms with Crippen molar-refractivity contribution in [1.29, 1.82) is 0 Å². The zero-order valence-corrected chi connectivity index (χ0v) is 18.2. The van der Waals surface area contributed by atoms with E-state index >= 15 is 0 Å². The van der Waals surface area contributed by atoms with Gasteiger partial charge in [0.25, 0.3) is 0 Å². The molecule has 0 aliphatic carbocycles. The minimum atomic E-state index is -5.12. The maximum Gasteiger partial charge on any atom is 1.00 e. The molecule has 0 bridgehead atoms. The molecule has 0 amide bonds. The predicted molar refractivity (Wildman–Crippen MR) is 47.2 cm³/mol. The van der Waals surface area contributed by atoms with Crippen LogP contribution in [0.15, 0.2) is 30.3 Å². The van der Waals surface area contributed by atoms with E-state index in [9.17, 15) is 23.8 Å². The van der Waals surface area contributed by atoms with Gasteiger partial charge in [-0.2, -0.15) is 0 Å². The first-order chi connectivity index (χ1) is 6.79. The SMILES string of the molecule is O=P([O-])([O-])CP(=O)([O-])Oc1ccccc1.[Na+].[Na+].[Na+]. The molecule has 0 N–H and O–H groups in total. The Hall–Kier alpha value is 2.36. The van der Waals surface area contributed by atoms with Crippen LogP contribution in [0.3, 0.4) is 0 Å². The van der Waals surface area contributed by atoms with E-state index in [2.05, 4.69) is 4.52 Å². The average molecular weight is 318 g/mol. The Morgan fingerprint density at radius 3 is 1.78 bits per heavy atom. The van der Waals surface area contributed by atoms with Crippen LogP contribution in [0, 0.1) is 0 Å². The van der Waals surface area contributed by atoms with Crippen LogP contribution in [0.5, 0.6) is 5.75 Å². The standard InChI is InChI=1S/C7H10O6P2.3Na/c8-14(9,10)6-15(11,12)13-7-4-2-1-3-5-7;;;/h1-5H,6H2,(H,11,12)(H2,8,9,10);;;/q;3*+1/p-3. The molecule has 0 aliphatic heterocycles. The van der Waals surface area contributed by atoms with Crippen molar-refractivity contribution in [3.63, 3.8) is 0 Å². The fraction of sp³-hybridized carbons (Fsp3) is 0.143. The van der Waals surface area contributed by atoms with E-state index < -0.39 is 21.1 Å². The van der Waals surface area contributed by atoms with Crippen LogP contribution in [-0.2, 0) is 9.13 Å². The molecule has 11 heteroatoms. The van der Waals surface area contributed by atoms with E-state index in [0.717, 1.165) is 0 Å². The molecule has 6 nitrogen and oxygen atoms in total. The van der Waals surface area contributed by atoms with Crippen LogP contribution in [0.2, 0.25) is 0 Å². The molecule has 0 fully saturated rings. The molecule has 0 saturated heterocycles. The first-order valence-electron chi connectivity index (χ1n) is 3.84. The summed E-state index contributed by atoms with van der Waals surface area (Å²) in [6, 6.07) is 7.34. The molecule has 84 valence electrons. The normalized spacial score (nSPS) is 13.1. The largest absolute Gasteiger partial charge is 1.00 e. The van der Waals surface area contributed by atoms with Crippen molar-refractivity contribution < 1.29 is 117 Å². The van der Waals surface area contributed by atoms with Gasteiger partial charge in [0.05, 0.1) is 5.90 Å². The maximum atomic E-state index is 11.0. The fourth-order valence-electron chi connectivity index (χ4n) is 0.883. The molecular formula is C7H7Na3O6P2. The minimum Gasteiger partial charge on any atom is -0.810 e. The smallest absolute Gasteiger partial charge is 0.810 e. The van der Waals surface area contributed by atoms with E-state index in [1.165, 1.54) is 24.3 Å². The molecule has 0 saturated carbocycles. The van der Waals surface area contributed by atoms with E-state index in [-0.39, 0.29) is 94.4 Å². The van der Waals surface area contributed by atoms with Gasteiger partial charge in [-0.3, -0.25) is 4.57 Å². The van der Waals surface area contributed by atoms with Gasteiger partial charge < -0.3 is 23.8 Å². The van der Waals surface area contributed by atoms with Crippen molar-refractivity contribution in [1.82, 2.24) is 0 Å². The predicted octanol–water partition coefficient (Wildman–Crippen LogP) is -9.50. The van der Waals surface area contributed by atoms with E-state index in [4.69, 9.17) is 0 Å². The molecule has 0 aromatic heterocycles. The molecule has 0 heterocycles. The van der Waals surface area contributed by atoms with Crippen molar-refractivity contribution >= 4 is 15.2 Å². The van der Waals surface area contributed by atoms with Gasteiger partial charge in [-0.25, -0.2) is 0 Å². The molecule has 0 aliphatic rings. The van der Waals surface area contributed by atoms with Gasteiger partial charge in [-0.05, 0) is 12.1 Å². The Bertz CT molecular complexity index is 422. The molecular weight excluding hydrogens is 311 g/mol. The number of hydrogen-bond donors (Lipinski definition) is 0. The quantitative estimate of drug-likeness (QED) is 0.402. The zero-order chi connectivity index (χ0) is 11.5. The third-order valence-corrected chi connectivity index (χ3v) is 4.59. The Morgan fingerprint density at radius 2 is 1.39 bits per heavy atom. The summed E-state index contributed by atoms with van der Waals surface area (Å²) in [7, 11) is -9.80. The summed E-state index contributed by atoms with van der Waals surface area (Å²) in [5.74, 6) is -1.54. The van der Waals surface area contributed by atoms with Crippen LogP contribution >= 0.6 is 15.2 Å². The van der Waals surface area contributed by atoms with Gasteiger partial charge in [-0.15, -0.1) is 0 Å². The number of hydrogen-bond acceptors (Lipinski definition) is 6. The molecule has 1 atom stereocenters. The summed E-state index contributed by atoms with van der Waals surface area (Å²) < 4.78 is 25.7. The van der Waals surface area contributed by atoms with Crippen molar-refractivity contribution in [3.8, 4) is 5.75 Å². The van der Waals surface area contributed by atoms with Gasteiger partial charge in [0.1, 0.15) is 5.75 Å². The zero-order valence-electron chi connectivity index (χ0n) is 10.4. The monoisotopic (exact) mass is 318 g/mol. The van der Waals surface area contributed by atoms with Crippen molar-refractivity contribution in [2.45, 2.75) is 0 Å². The average Bonchev–Trinajstić information content (AvgIpc) is 1.99. The Morgan fingerprint density at radius 1 is 0.944 bits per heavy atom. The maximum absolute atomic E-state index is 11.0. The van der Waals surface area contributed by atoms with Gasteiger partial charge in [0.2, 0.25) is 0 Å². The molecule has 1 aromatic rings. The summed E-state index contributed by atoms with van der Waals surface area (Å²) in [5, 5.41) is 0. The third kappa shape index (κ3) is 12.1. The van der Waals surface area contributed by atoms with Gasteiger partial charge in [0, 0.05) is 0 Å². The van der Waals surface area contributed by atoms with Crippen LogP contribution < -0.4 is 108 Å². The van der Waals surface area contributed by atoms with Crippen molar-refractivity contribution in [2.75, 3.05) is 5.90 Å². The number of benzene rings is 1. The Balaban J connectivity index is -0.000000750. The first kappa shape index (κ1) is 25.3. The van der Waals surface area contributed by atoms with Crippen LogP contribution in [0.25, 0.3) is 0 Å². The third-order valence-electron chi connectivity index (χ3n) is 1.33. The molecule has 1 unspecified atom stereocenters. The molecule has 0 radical (unpaired) electrons. The van der Waals surface area contributed by atoms with E-state index in [0.29, 0.717) is 0 Å². The summed E-state index contributed by atoms with van der Waals surface area (Å²) in [6.07, 6.45) is 0. The molecule has 18 heavy (non-hydrogen) atoms. The van der Waals surface area contributed by atoms with Crippen molar-refractivity contribution in [3.05, 3.63) is 30.3 Å². The summed E-state index contributed by atoms with van der Waals surface area (Å²) >= 11 is 0. The van der Waals surface area contributed by atoms with Crippen LogP contribution in [0.4, 0.5) is 0 Å². The summed E-state index contributed by atoms with van der Waals surface area (Å²) in [5.41, 5.74) is 0. The number of para-hydroxylation sites is 1. The second kappa shape index (κ2) is 11.0. The molecule has 1 aromatic carbocycles. The fourth-order valence-corrected chi connectivity index (χ4v) is 3.25. The topological polar surface area (TPSA) is 113 Å². The van der Waals surface area contributed by atoms with E-state index in [1.807, 2.05) is 0 Å². The van der Waals surface area contributed by atoms with Crippen LogP contribution in [-0.4, -0.2) is 5.90 Å². The summed E-state index contributed by atoms with van der Waals surface area (Å²) in [6.45, 7) is 0. The second-order valence-corrected chi connectivity index (χ2v) is 6.53. The second-order valence-electron chi connectivity index (χ2n) is 2.77. The van der Waals surface area contributed by atoms with Gasteiger partial charge >= 0.3 is 88.7 Å². The molecule has 1 rings (SSSR count). The number of rotatable bonds is 4. The summed E-state index contributed by atoms with van der Waals surface area (Å²) in [4.78, 5) is 31.6. The van der Waals surface area contributed by atoms with E-state index in [1.54, 1.807) is 6.07 Å². The Labute approximate surface area is 171 Å². The minimum absolute atomic E-state index is 0.